The van der Waals surface area contributed by atoms with Crippen molar-refractivity contribution in [1.82, 2.24) is 5.32 Å². The number of non-ortho nitro benzene ring substituents is 1. The minimum Gasteiger partial charge on any atom is -0.480 e. The molecule has 0 fully saturated rings. The normalized spacial score (nSPS) is 11.9. The number of sulfonamides is 1. The molecule has 4 aromatic carbocycles. The molecule has 0 radical (unpaired) electrons. The minimum absolute atomic E-state index is 0.115. The predicted octanol–water partition coefficient (Wildman–Crippen LogP) is 5.90. The summed E-state index contributed by atoms with van der Waals surface area (Å²) in [5.74, 6) is -1.13. The van der Waals surface area contributed by atoms with E-state index in [-0.39, 0.29) is 29.1 Å². The topological polar surface area (TPSA) is 147 Å². The lowest BCUT2D eigenvalue weighted by atomic mass is 9.93. The fraction of sp³-hybridized carbons (Fsp3) is 0.188. The summed E-state index contributed by atoms with van der Waals surface area (Å²) in [7, 11) is -4.18. The number of carboxylic acids is 1. The number of carbonyl (C=O) groups excluding carboxylic acids is 1. The van der Waals surface area contributed by atoms with E-state index >= 15 is 0 Å². The van der Waals surface area contributed by atoms with Crippen molar-refractivity contribution in [3.8, 4) is 11.1 Å². The summed E-state index contributed by atoms with van der Waals surface area (Å²) in [6.07, 6.45) is 2.11. The van der Waals surface area contributed by atoms with Gasteiger partial charge in [-0.1, -0.05) is 48.5 Å². The number of nitrogens with zero attached hydrogens (tertiary/aromatic N) is 2. The van der Waals surface area contributed by atoms with Crippen LogP contribution in [0.25, 0.3) is 11.1 Å². The molecule has 0 saturated carbocycles. The summed E-state index contributed by atoms with van der Waals surface area (Å²) in [5.41, 5.74) is 3.09. The molecular formula is C32H31N3O7S2. The van der Waals surface area contributed by atoms with Gasteiger partial charge < -0.3 is 10.4 Å². The lowest BCUT2D eigenvalue weighted by Crippen LogP contribution is -2.41. The van der Waals surface area contributed by atoms with Crippen molar-refractivity contribution >= 4 is 45.0 Å². The van der Waals surface area contributed by atoms with E-state index in [2.05, 4.69) is 5.32 Å². The van der Waals surface area contributed by atoms with Gasteiger partial charge in [0.05, 0.1) is 22.1 Å². The Hall–Kier alpha value is -4.68. The number of para-hydroxylation sites is 1. The highest BCUT2D eigenvalue weighted by Crippen LogP contribution is 2.31. The Morgan fingerprint density at radius 2 is 1.61 bits per heavy atom. The van der Waals surface area contributed by atoms with Crippen LogP contribution in [0, 0.1) is 17.0 Å². The molecule has 0 aromatic heterocycles. The van der Waals surface area contributed by atoms with Crippen molar-refractivity contribution in [3.05, 3.63) is 124 Å². The van der Waals surface area contributed by atoms with E-state index in [0.717, 1.165) is 23.3 Å². The fourth-order valence-corrected chi connectivity index (χ4v) is 6.58. The predicted molar refractivity (Wildman–Crippen MR) is 171 cm³/mol. The number of carboxylic acid groups (broad SMARTS) is 1. The molecular weight excluding hydrogens is 603 g/mol. The Morgan fingerprint density at radius 3 is 2.23 bits per heavy atom. The van der Waals surface area contributed by atoms with E-state index in [9.17, 15) is 33.2 Å². The highest BCUT2D eigenvalue weighted by molar-refractivity contribution is 7.98. The van der Waals surface area contributed by atoms with E-state index in [1.165, 1.54) is 28.2 Å². The number of amides is 1. The van der Waals surface area contributed by atoms with Crippen LogP contribution in [0.4, 0.5) is 11.4 Å². The number of thioether (sulfide) groups is 1. The summed E-state index contributed by atoms with van der Waals surface area (Å²) in [6.45, 7) is 1.77. The third-order valence-electron chi connectivity index (χ3n) is 6.98. The number of nitro groups is 1. The molecule has 1 atom stereocenters. The summed E-state index contributed by atoms with van der Waals surface area (Å²) >= 11 is 1.48. The second kappa shape index (κ2) is 14.2. The molecule has 12 heteroatoms. The quantitative estimate of drug-likeness (QED) is 0.137. The molecule has 4 aromatic rings. The molecule has 44 heavy (non-hydrogen) atoms. The molecule has 0 spiro atoms. The minimum atomic E-state index is -4.18. The van der Waals surface area contributed by atoms with Gasteiger partial charge in [0.2, 0.25) is 0 Å². The third-order valence-corrected chi connectivity index (χ3v) is 9.42. The van der Waals surface area contributed by atoms with Crippen LogP contribution in [0.1, 0.15) is 27.9 Å². The van der Waals surface area contributed by atoms with Gasteiger partial charge >= 0.3 is 5.97 Å². The molecule has 0 aliphatic rings. The molecule has 0 saturated heterocycles. The average molecular weight is 634 g/mol. The highest BCUT2D eigenvalue weighted by Gasteiger charge is 2.27. The van der Waals surface area contributed by atoms with Gasteiger partial charge in [-0.2, -0.15) is 11.8 Å². The average Bonchev–Trinajstić information content (AvgIpc) is 3.02. The van der Waals surface area contributed by atoms with Crippen LogP contribution in [-0.2, 0) is 21.4 Å². The number of hydrogen-bond donors (Lipinski definition) is 2. The zero-order chi connectivity index (χ0) is 31.9. The van der Waals surface area contributed by atoms with Crippen LogP contribution >= 0.6 is 11.8 Å². The van der Waals surface area contributed by atoms with Gasteiger partial charge in [0.25, 0.3) is 21.6 Å². The Labute approximate surface area is 259 Å². The number of anilines is 1. The van der Waals surface area contributed by atoms with Crippen molar-refractivity contribution in [2.45, 2.75) is 30.8 Å². The van der Waals surface area contributed by atoms with Crippen molar-refractivity contribution in [2.24, 2.45) is 0 Å². The molecule has 0 heterocycles. The molecule has 0 aliphatic carbocycles. The van der Waals surface area contributed by atoms with Crippen LogP contribution in [0.5, 0.6) is 0 Å². The van der Waals surface area contributed by atoms with Gasteiger partial charge in [-0.3, -0.25) is 19.2 Å². The van der Waals surface area contributed by atoms with Crippen LogP contribution in [0.15, 0.2) is 102 Å². The lowest BCUT2D eigenvalue weighted by molar-refractivity contribution is -0.384. The number of benzene rings is 4. The van der Waals surface area contributed by atoms with Crippen LogP contribution in [0.3, 0.4) is 0 Å². The molecule has 228 valence electrons. The van der Waals surface area contributed by atoms with Crippen molar-refractivity contribution in [1.29, 1.82) is 0 Å². The molecule has 1 amide bonds. The standard InChI is InChI=1S/C32H31N3O7S2/c1-22-8-6-7-11-27(22)29-20-23(12-17-28(29)31(36)33-30(32(37)38)18-19-43-2)21-34(24-9-4-3-5-10-24)44(41,42)26-15-13-25(14-16-26)35(39)40/h3-17,20,30H,18-19,21H2,1-2H3,(H,33,36)(H,37,38)/t30-/m0/s1. The van der Waals surface area contributed by atoms with Crippen LogP contribution < -0.4 is 9.62 Å². The van der Waals surface area contributed by atoms with E-state index in [1.54, 1.807) is 48.5 Å². The Balaban J connectivity index is 1.78. The molecule has 0 bridgehead atoms. The summed E-state index contributed by atoms with van der Waals surface area (Å²) in [6, 6.07) is 24.4. The van der Waals surface area contributed by atoms with Crippen molar-refractivity contribution in [2.75, 3.05) is 16.3 Å². The van der Waals surface area contributed by atoms with E-state index in [1.807, 2.05) is 37.4 Å². The summed E-state index contributed by atoms with van der Waals surface area (Å²) in [5, 5.41) is 23.4. The second-order valence-corrected chi connectivity index (χ2v) is 12.8. The number of nitro benzene ring substituents is 1. The van der Waals surface area contributed by atoms with Crippen molar-refractivity contribution in [3.63, 3.8) is 0 Å². The van der Waals surface area contributed by atoms with E-state index in [4.69, 9.17) is 0 Å². The molecule has 2 N–H and O–H groups in total. The number of carbonyl (C=O) groups is 2. The summed E-state index contributed by atoms with van der Waals surface area (Å²) in [4.78, 5) is 35.7. The number of aryl methyl sites for hydroxylation is 1. The Bertz CT molecular complexity index is 1760. The molecule has 10 nitrogen and oxygen atoms in total. The zero-order valence-electron chi connectivity index (χ0n) is 24.0. The first-order valence-electron chi connectivity index (χ1n) is 13.6. The zero-order valence-corrected chi connectivity index (χ0v) is 25.7. The lowest BCUT2D eigenvalue weighted by Gasteiger charge is -2.25. The second-order valence-electron chi connectivity index (χ2n) is 9.94. The monoisotopic (exact) mass is 633 g/mol. The summed E-state index contributed by atoms with van der Waals surface area (Å²) < 4.78 is 29.0. The van der Waals surface area contributed by atoms with Gasteiger partial charge in [-0.25, -0.2) is 13.2 Å². The number of hydrogen-bond acceptors (Lipinski definition) is 7. The van der Waals surface area contributed by atoms with Gasteiger partial charge in [-0.05, 0) is 84.0 Å². The molecule has 4 rings (SSSR count). The first-order valence-corrected chi connectivity index (χ1v) is 16.4. The van der Waals surface area contributed by atoms with E-state index < -0.39 is 32.9 Å². The fourth-order valence-electron chi connectivity index (χ4n) is 4.66. The first kappa shape index (κ1) is 32.2. The van der Waals surface area contributed by atoms with Gasteiger partial charge in [-0.15, -0.1) is 0 Å². The Morgan fingerprint density at radius 1 is 0.955 bits per heavy atom. The largest absolute Gasteiger partial charge is 0.480 e. The Kier molecular flexibility index (Phi) is 10.4. The maximum atomic E-state index is 13.9. The van der Waals surface area contributed by atoms with Crippen LogP contribution in [-0.4, -0.2) is 48.4 Å². The smallest absolute Gasteiger partial charge is 0.326 e. The SMILES string of the molecule is CSCC[C@H](NC(=O)c1ccc(CN(c2ccccc2)S(=O)(=O)c2ccc([N+](=O)[O-])cc2)cc1-c1ccccc1C)C(=O)O. The van der Waals surface area contributed by atoms with Crippen molar-refractivity contribution < 1.29 is 28.0 Å². The number of nitrogens with one attached hydrogen (secondary N) is 1. The maximum absolute atomic E-state index is 13.9. The maximum Gasteiger partial charge on any atom is 0.326 e. The third kappa shape index (κ3) is 7.44. The van der Waals surface area contributed by atoms with Crippen LogP contribution in [0.2, 0.25) is 0 Å². The number of rotatable bonds is 13. The van der Waals surface area contributed by atoms with E-state index in [0.29, 0.717) is 22.6 Å². The van der Waals surface area contributed by atoms with Gasteiger partial charge in [0.15, 0.2) is 0 Å². The first-order chi connectivity index (χ1) is 21.0. The molecule has 0 aliphatic heterocycles. The highest BCUT2D eigenvalue weighted by atomic mass is 32.2. The van der Waals surface area contributed by atoms with Gasteiger partial charge in [0.1, 0.15) is 6.04 Å². The number of aliphatic carboxylic acids is 1. The van der Waals surface area contributed by atoms with Gasteiger partial charge in [0, 0.05) is 17.7 Å². The molecule has 0 unspecified atom stereocenters.